The molecule has 0 aromatic heterocycles. The van der Waals surface area contributed by atoms with E-state index < -0.39 is 62.1 Å². The van der Waals surface area contributed by atoms with Gasteiger partial charge in [-0.1, -0.05) is 30.3 Å². The first-order chi connectivity index (χ1) is 17.3. The van der Waals surface area contributed by atoms with Crippen molar-refractivity contribution >= 4 is 21.8 Å². The van der Waals surface area contributed by atoms with Crippen molar-refractivity contribution in [2.24, 2.45) is 0 Å². The van der Waals surface area contributed by atoms with E-state index in [9.17, 15) is 23.1 Å². The van der Waals surface area contributed by atoms with E-state index in [-0.39, 0.29) is 30.5 Å². The summed E-state index contributed by atoms with van der Waals surface area (Å²) in [6.07, 6.45) is -0.0186. The molecule has 2 aromatic rings. The van der Waals surface area contributed by atoms with Gasteiger partial charge < -0.3 is 9.84 Å². The molecule has 2 aromatic carbocycles. The third-order valence-corrected chi connectivity index (χ3v) is 9.98. The lowest BCUT2D eigenvalue weighted by Gasteiger charge is -2.51. The van der Waals surface area contributed by atoms with Gasteiger partial charge in [0.2, 0.25) is 10.0 Å². The SMILES string of the molecule is COC(=O)CC(=O)[C@]1(c2cc(F)c(CN3[C@@H](C)CC[C@H](c4ccccc4)S3(=O)=O)cc2F)C[C@@](C)(O)C1. The first-order valence-corrected chi connectivity index (χ1v) is 13.7. The Balaban J connectivity index is 1.66. The summed E-state index contributed by atoms with van der Waals surface area (Å²) >= 11 is 0. The number of halogens is 2. The van der Waals surface area contributed by atoms with E-state index >= 15 is 8.78 Å². The zero-order valence-electron chi connectivity index (χ0n) is 21.0. The summed E-state index contributed by atoms with van der Waals surface area (Å²) in [6, 6.07) is 10.2. The standard InChI is InChI=1S/C27H31F2NO6S/c1-17-9-10-23(18-7-5-4-6-8-18)37(34,35)30(17)14-19-11-22(29)20(12-21(19)28)27(15-26(2,33)16-27)24(31)13-25(32)36-3/h4-8,11-12,17,23,33H,9-10,13-16H2,1-3H3/t17-,23+,26-,27-/m0/s1. The van der Waals surface area contributed by atoms with Crippen LogP contribution in [0.5, 0.6) is 0 Å². The summed E-state index contributed by atoms with van der Waals surface area (Å²) in [5.74, 6) is -3.25. The van der Waals surface area contributed by atoms with E-state index in [0.717, 1.165) is 19.2 Å². The van der Waals surface area contributed by atoms with Crippen molar-refractivity contribution in [3.05, 3.63) is 70.8 Å². The van der Waals surface area contributed by atoms with Gasteiger partial charge in [0.25, 0.3) is 0 Å². The van der Waals surface area contributed by atoms with E-state index in [1.807, 2.05) is 0 Å². The molecular formula is C27H31F2NO6S. The zero-order chi connectivity index (χ0) is 27.2. The third kappa shape index (κ3) is 5.06. The maximum atomic E-state index is 15.5. The number of hydrogen-bond acceptors (Lipinski definition) is 6. The van der Waals surface area contributed by atoms with E-state index in [1.165, 1.54) is 11.2 Å². The molecule has 37 heavy (non-hydrogen) atoms. The minimum atomic E-state index is -3.87. The van der Waals surface area contributed by atoms with Crippen LogP contribution >= 0.6 is 0 Å². The van der Waals surface area contributed by atoms with Crippen molar-refractivity contribution in [3.8, 4) is 0 Å². The van der Waals surface area contributed by atoms with Crippen LogP contribution in [0.25, 0.3) is 0 Å². The third-order valence-electron chi connectivity index (χ3n) is 7.61. The number of ketones is 1. The Bertz CT molecular complexity index is 1300. The van der Waals surface area contributed by atoms with Gasteiger partial charge in [0.15, 0.2) is 5.78 Å². The Labute approximate surface area is 215 Å². The highest BCUT2D eigenvalue weighted by atomic mass is 32.2. The van der Waals surface area contributed by atoms with Crippen LogP contribution in [0.2, 0.25) is 0 Å². The van der Waals surface area contributed by atoms with E-state index in [2.05, 4.69) is 4.74 Å². The van der Waals surface area contributed by atoms with Gasteiger partial charge in [0.1, 0.15) is 23.3 Å². The highest BCUT2D eigenvalue weighted by molar-refractivity contribution is 7.89. The molecule has 2 fully saturated rings. The number of aliphatic hydroxyl groups is 1. The van der Waals surface area contributed by atoms with Gasteiger partial charge >= 0.3 is 5.97 Å². The van der Waals surface area contributed by atoms with Gasteiger partial charge in [0.05, 0.1) is 18.1 Å². The minimum absolute atomic E-state index is 0.160. The van der Waals surface area contributed by atoms with Crippen molar-refractivity contribution in [1.82, 2.24) is 4.31 Å². The Morgan fingerprint density at radius 2 is 1.76 bits per heavy atom. The molecule has 1 aliphatic heterocycles. The number of carbonyl (C=O) groups excluding carboxylic acids is 2. The van der Waals surface area contributed by atoms with E-state index in [1.54, 1.807) is 37.3 Å². The summed E-state index contributed by atoms with van der Waals surface area (Å²) in [5.41, 5.74) is -2.64. The molecule has 2 atom stereocenters. The molecule has 1 saturated heterocycles. The quantitative estimate of drug-likeness (QED) is 0.426. The lowest BCUT2D eigenvalue weighted by atomic mass is 9.54. The van der Waals surface area contributed by atoms with Crippen molar-refractivity contribution in [2.75, 3.05) is 7.11 Å². The van der Waals surface area contributed by atoms with E-state index in [4.69, 9.17) is 0 Å². The summed E-state index contributed by atoms with van der Waals surface area (Å²) in [7, 11) is -2.75. The van der Waals surface area contributed by atoms with Gasteiger partial charge in [-0.3, -0.25) is 9.59 Å². The molecule has 7 nitrogen and oxygen atoms in total. The molecule has 0 spiro atoms. The van der Waals surface area contributed by atoms with Crippen LogP contribution in [0.4, 0.5) is 8.78 Å². The van der Waals surface area contributed by atoms with Crippen LogP contribution in [0, 0.1) is 11.6 Å². The predicted octanol–water partition coefficient (Wildman–Crippen LogP) is 3.94. The first kappa shape index (κ1) is 27.3. The number of Topliss-reactive ketones (excluding diaryl/α,β-unsaturated/α-hetero) is 1. The maximum absolute atomic E-state index is 15.5. The number of sulfonamides is 1. The van der Waals surface area contributed by atoms with E-state index in [0.29, 0.717) is 18.4 Å². The lowest BCUT2D eigenvalue weighted by Crippen LogP contribution is -2.58. The predicted molar refractivity (Wildman–Crippen MR) is 132 cm³/mol. The molecule has 0 bridgehead atoms. The molecule has 2 aliphatic rings. The molecule has 4 rings (SSSR count). The van der Waals surface area contributed by atoms with Crippen LogP contribution in [0.3, 0.4) is 0 Å². The second kappa shape index (κ2) is 9.89. The number of benzene rings is 2. The van der Waals surface area contributed by atoms with Crippen molar-refractivity contribution in [1.29, 1.82) is 0 Å². The van der Waals surface area contributed by atoms with Crippen molar-refractivity contribution in [3.63, 3.8) is 0 Å². The Kier molecular flexibility index (Phi) is 7.31. The van der Waals surface area contributed by atoms with Gasteiger partial charge in [-0.05, 0) is 57.2 Å². The van der Waals surface area contributed by atoms with Crippen molar-refractivity contribution < 1.29 is 36.6 Å². The topological polar surface area (TPSA) is 101 Å². The number of methoxy groups -OCH3 is 1. The Morgan fingerprint density at radius 3 is 2.35 bits per heavy atom. The molecule has 200 valence electrons. The molecule has 0 radical (unpaired) electrons. The highest BCUT2D eigenvalue weighted by Gasteiger charge is 2.58. The fourth-order valence-electron chi connectivity index (χ4n) is 5.75. The van der Waals surface area contributed by atoms with Crippen LogP contribution in [-0.4, -0.2) is 48.3 Å². The molecule has 0 amide bonds. The van der Waals surface area contributed by atoms with Crippen LogP contribution < -0.4 is 0 Å². The second-order valence-electron chi connectivity index (χ2n) is 10.4. The smallest absolute Gasteiger partial charge is 0.313 e. The zero-order valence-corrected chi connectivity index (χ0v) is 21.9. The van der Waals surface area contributed by atoms with Gasteiger partial charge in [-0.25, -0.2) is 17.2 Å². The highest BCUT2D eigenvalue weighted by Crippen LogP contribution is 2.52. The normalized spacial score (nSPS) is 29.4. The van der Waals surface area contributed by atoms with Gasteiger partial charge in [-0.2, -0.15) is 4.31 Å². The number of esters is 1. The van der Waals surface area contributed by atoms with Crippen LogP contribution in [-0.2, 0) is 36.3 Å². The Hall–Kier alpha value is -2.69. The first-order valence-electron chi connectivity index (χ1n) is 12.2. The summed E-state index contributed by atoms with van der Waals surface area (Å²) in [5, 5.41) is 9.55. The molecule has 10 heteroatoms. The number of nitrogens with zero attached hydrogens (tertiary/aromatic N) is 1. The molecule has 1 heterocycles. The summed E-state index contributed by atoms with van der Waals surface area (Å²) in [4.78, 5) is 24.7. The van der Waals surface area contributed by atoms with Crippen LogP contribution in [0.1, 0.15) is 67.9 Å². The summed E-state index contributed by atoms with van der Waals surface area (Å²) in [6.45, 7) is 2.85. The number of ether oxygens (including phenoxy) is 1. The van der Waals surface area contributed by atoms with Gasteiger partial charge in [-0.15, -0.1) is 0 Å². The maximum Gasteiger partial charge on any atom is 0.313 e. The lowest BCUT2D eigenvalue weighted by molar-refractivity contribution is -0.152. The molecule has 0 unspecified atom stereocenters. The van der Waals surface area contributed by atoms with Gasteiger partial charge in [0, 0.05) is 23.7 Å². The fourth-order valence-corrected chi connectivity index (χ4v) is 7.94. The monoisotopic (exact) mass is 535 g/mol. The Morgan fingerprint density at radius 1 is 1.11 bits per heavy atom. The number of carbonyl (C=O) groups is 2. The van der Waals surface area contributed by atoms with Crippen LogP contribution in [0.15, 0.2) is 42.5 Å². The molecule has 1 aliphatic carbocycles. The van der Waals surface area contributed by atoms with Crippen molar-refractivity contribution in [2.45, 2.75) is 74.8 Å². The summed E-state index contributed by atoms with van der Waals surface area (Å²) < 4.78 is 63.6. The fraction of sp³-hybridized carbons (Fsp3) is 0.481. The molecule has 1 saturated carbocycles. The number of hydrogen-bond donors (Lipinski definition) is 1. The number of rotatable bonds is 7. The minimum Gasteiger partial charge on any atom is -0.469 e. The molecule has 1 N–H and O–H groups in total. The average Bonchev–Trinajstić information content (AvgIpc) is 2.82. The average molecular weight is 536 g/mol. The second-order valence-corrected chi connectivity index (χ2v) is 12.5. The molecular weight excluding hydrogens is 504 g/mol. The largest absolute Gasteiger partial charge is 0.469 e.